The number of piperazine rings is 1. The number of anilines is 1. The highest BCUT2D eigenvalue weighted by Gasteiger charge is 2.29. The zero-order valence-corrected chi connectivity index (χ0v) is 15.0. The third-order valence-corrected chi connectivity index (χ3v) is 4.20. The van der Waals surface area contributed by atoms with Crippen LogP contribution in [0.4, 0.5) is 5.69 Å². The van der Waals surface area contributed by atoms with Crippen LogP contribution in [-0.2, 0) is 9.59 Å². The Labute approximate surface area is 156 Å². The quantitative estimate of drug-likeness (QED) is 0.825. The van der Waals surface area contributed by atoms with Gasteiger partial charge in [-0.25, -0.2) is 0 Å². The molecule has 3 amide bonds. The summed E-state index contributed by atoms with van der Waals surface area (Å²) in [6, 6.07) is 10.1. The molecule has 0 atom stereocenters. The van der Waals surface area contributed by atoms with Gasteiger partial charge in [0.05, 0.1) is 12.9 Å². The number of hydrogen-bond donors (Lipinski definition) is 1. The summed E-state index contributed by atoms with van der Waals surface area (Å²) in [5, 5.41) is 2.58. The normalized spacial score (nSPS) is 14.0. The molecule has 0 bridgehead atoms. The van der Waals surface area contributed by atoms with Gasteiger partial charge in [-0.1, -0.05) is 0 Å². The minimum absolute atomic E-state index is 0.217. The SMILES string of the molecule is CCOc1ccc(NC(=O)C(=O)N2CCN(C(=O)c3ccco3)CC2)cc1. The number of rotatable bonds is 4. The van der Waals surface area contributed by atoms with Crippen LogP contribution in [-0.4, -0.2) is 60.3 Å². The highest BCUT2D eigenvalue weighted by molar-refractivity contribution is 6.39. The average Bonchev–Trinajstić information content (AvgIpc) is 3.23. The molecular weight excluding hydrogens is 350 g/mol. The van der Waals surface area contributed by atoms with E-state index >= 15 is 0 Å². The Hall–Kier alpha value is -3.29. The number of carbonyl (C=O) groups excluding carboxylic acids is 3. The van der Waals surface area contributed by atoms with Gasteiger partial charge in [0.1, 0.15) is 5.75 Å². The van der Waals surface area contributed by atoms with Crippen molar-refractivity contribution in [3.63, 3.8) is 0 Å². The molecule has 1 aliphatic rings. The fraction of sp³-hybridized carbons (Fsp3) is 0.316. The number of hydrogen-bond acceptors (Lipinski definition) is 5. The van der Waals surface area contributed by atoms with Gasteiger partial charge in [-0.05, 0) is 43.3 Å². The molecule has 8 nitrogen and oxygen atoms in total. The van der Waals surface area contributed by atoms with Crippen LogP contribution >= 0.6 is 0 Å². The average molecular weight is 371 g/mol. The zero-order valence-electron chi connectivity index (χ0n) is 15.0. The van der Waals surface area contributed by atoms with Crippen LogP contribution in [0.2, 0.25) is 0 Å². The molecule has 2 heterocycles. The van der Waals surface area contributed by atoms with Crippen LogP contribution in [0.3, 0.4) is 0 Å². The molecule has 1 aromatic heterocycles. The van der Waals surface area contributed by atoms with Gasteiger partial charge in [0.25, 0.3) is 5.91 Å². The lowest BCUT2D eigenvalue weighted by molar-refractivity contribution is -0.144. The first kappa shape index (κ1) is 18.5. The van der Waals surface area contributed by atoms with E-state index in [-0.39, 0.29) is 11.7 Å². The number of furan rings is 1. The van der Waals surface area contributed by atoms with Gasteiger partial charge >= 0.3 is 11.8 Å². The Kier molecular flexibility index (Phi) is 5.75. The second-order valence-corrected chi connectivity index (χ2v) is 5.97. The smallest absolute Gasteiger partial charge is 0.313 e. The third-order valence-electron chi connectivity index (χ3n) is 4.20. The van der Waals surface area contributed by atoms with Crippen molar-refractivity contribution >= 4 is 23.4 Å². The second-order valence-electron chi connectivity index (χ2n) is 5.97. The fourth-order valence-electron chi connectivity index (χ4n) is 2.80. The lowest BCUT2D eigenvalue weighted by atomic mass is 10.2. The van der Waals surface area contributed by atoms with E-state index in [1.165, 1.54) is 11.2 Å². The predicted octanol–water partition coefficient (Wildman–Crippen LogP) is 1.60. The summed E-state index contributed by atoms with van der Waals surface area (Å²) < 4.78 is 10.4. The Morgan fingerprint density at radius 1 is 1.04 bits per heavy atom. The molecule has 1 N–H and O–H groups in total. The molecule has 0 aliphatic carbocycles. The molecule has 142 valence electrons. The molecule has 1 aliphatic heterocycles. The maximum Gasteiger partial charge on any atom is 0.313 e. The Morgan fingerprint density at radius 3 is 2.30 bits per heavy atom. The molecule has 0 radical (unpaired) electrons. The van der Waals surface area contributed by atoms with Crippen LogP contribution in [0.1, 0.15) is 17.5 Å². The monoisotopic (exact) mass is 371 g/mol. The number of nitrogens with zero attached hydrogens (tertiary/aromatic N) is 2. The van der Waals surface area contributed by atoms with E-state index in [9.17, 15) is 14.4 Å². The molecule has 1 aromatic carbocycles. The fourth-order valence-corrected chi connectivity index (χ4v) is 2.80. The van der Waals surface area contributed by atoms with Crippen LogP contribution in [0.5, 0.6) is 5.75 Å². The van der Waals surface area contributed by atoms with Gasteiger partial charge < -0.3 is 24.3 Å². The largest absolute Gasteiger partial charge is 0.494 e. The van der Waals surface area contributed by atoms with Gasteiger partial charge in [-0.15, -0.1) is 0 Å². The molecule has 0 unspecified atom stereocenters. The number of amides is 3. The first-order valence-corrected chi connectivity index (χ1v) is 8.74. The Morgan fingerprint density at radius 2 is 1.70 bits per heavy atom. The molecule has 1 saturated heterocycles. The summed E-state index contributed by atoms with van der Waals surface area (Å²) in [6.07, 6.45) is 1.44. The van der Waals surface area contributed by atoms with Crippen molar-refractivity contribution in [3.05, 3.63) is 48.4 Å². The Balaban J connectivity index is 1.51. The van der Waals surface area contributed by atoms with Gasteiger partial charge in [0.2, 0.25) is 0 Å². The number of carbonyl (C=O) groups is 3. The molecule has 27 heavy (non-hydrogen) atoms. The molecule has 8 heteroatoms. The van der Waals surface area contributed by atoms with E-state index in [1.54, 1.807) is 41.3 Å². The number of benzene rings is 1. The topological polar surface area (TPSA) is 92.1 Å². The van der Waals surface area contributed by atoms with E-state index in [4.69, 9.17) is 9.15 Å². The van der Waals surface area contributed by atoms with Crippen molar-refractivity contribution in [2.24, 2.45) is 0 Å². The predicted molar refractivity (Wildman–Crippen MR) is 97.4 cm³/mol. The van der Waals surface area contributed by atoms with Crippen LogP contribution in [0.15, 0.2) is 47.1 Å². The van der Waals surface area contributed by atoms with Gasteiger partial charge in [0, 0.05) is 31.9 Å². The standard InChI is InChI=1S/C19H21N3O5/c1-2-26-15-7-5-14(6-8-15)20-17(23)19(25)22-11-9-21(10-12-22)18(24)16-4-3-13-27-16/h3-8,13H,2,9-12H2,1H3,(H,20,23). The van der Waals surface area contributed by atoms with Crippen LogP contribution in [0.25, 0.3) is 0 Å². The van der Waals surface area contributed by atoms with Crippen molar-refractivity contribution < 1.29 is 23.5 Å². The molecule has 3 rings (SSSR count). The van der Waals surface area contributed by atoms with E-state index in [2.05, 4.69) is 5.32 Å². The summed E-state index contributed by atoms with van der Waals surface area (Å²) in [5.41, 5.74) is 0.517. The Bertz CT molecular complexity index is 793. The first-order valence-electron chi connectivity index (χ1n) is 8.74. The van der Waals surface area contributed by atoms with Crippen molar-refractivity contribution in [2.45, 2.75) is 6.92 Å². The van der Waals surface area contributed by atoms with Gasteiger partial charge in [0.15, 0.2) is 5.76 Å². The van der Waals surface area contributed by atoms with E-state index in [0.29, 0.717) is 44.2 Å². The van der Waals surface area contributed by atoms with Crippen molar-refractivity contribution in [2.75, 3.05) is 38.1 Å². The zero-order chi connectivity index (χ0) is 19.2. The van der Waals surface area contributed by atoms with E-state index < -0.39 is 11.8 Å². The summed E-state index contributed by atoms with van der Waals surface area (Å²) in [7, 11) is 0. The van der Waals surface area contributed by atoms with Gasteiger partial charge in [-0.2, -0.15) is 0 Å². The summed E-state index contributed by atoms with van der Waals surface area (Å²) >= 11 is 0. The molecule has 0 saturated carbocycles. The third kappa shape index (κ3) is 4.46. The maximum absolute atomic E-state index is 12.3. The summed E-state index contributed by atoms with van der Waals surface area (Å²) in [4.78, 5) is 39.8. The summed E-state index contributed by atoms with van der Waals surface area (Å²) in [6.45, 7) is 3.72. The molecule has 0 spiro atoms. The highest BCUT2D eigenvalue weighted by Crippen LogP contribution is 2.16. The summed E-state index contributed by atoms with van der Waals surface area (Å²) in [5.74, 6) is -0.577. The second kappa shape index (κ2) is 8.39. The molecule has 2 aromatic rings. The first-order chi connectivity index (χ1) is 13.1. The van der Waals surface area contributed by atoms with Crippen LogP contribution in [0, 0.1) is 0 Å². The molecule has 1 fully saturated rings. The van der Waals surface area contributed by atoms with Crippen molar-refractivity contribution in [1.82, 2.24) is 9.80 Å². The van der Waals surface area contributed by atoms with E-state index in [1.807, 2.05) is 6.92 Å². The van der Waals surface area contributed by atoms with Crippen molar-refractivity contribution in [1.29, 1.82) is 0 Å². The molecular formula is C19H21N3O5. The van der Waals surface area contributed by atoms with Crippen molar-refractivity contribution in [3.8, 4) is 5.75 Å². The van der Waals surface area contributed by atoms with Crippen LogP contribution < -0.4 is 10.1 Å². The lowest BCUT2D eigenvalue weighted by Crippen LogP contribution is -2.52. The highest BCUT2D eigenvalue weighted by atomic mass is 16.5. The minimum Gasteiger partial charge on any atom is -0.494 e. The van der Waals surface area contributed by atoms with Gasteiger partial charge in [-0.3, -0.25) is 14.4 Å². The minimum atomic E-state index is -0.704. The number of ether oxygens (including phenoxy) is 1. The number of nitrogens with one attached hydrogen (secondary N) is 1. The van der Waals surface area contributed by atoms with E-state index in [0.717, 1.165) is 0 Å². The maximum atomic E-state index is 12.3. The lowest BCUT2D eigenvalue weighted by Gasteiger charge is -2.33.